The van der Waals surface area contributed by atoms with Crippen LogP contribution < -0.4 is 75.3 Å². The molecule has 26 nitrogen and oxygen atoms in total. The zero-order valence-electron chi connectivity index (χ0n) is 52.0. The van der Waals surface area contributed by atoms with Crippen molar-refractivity contribution in [3.63, 3.8) is 0 Å². The van der Waals surface area contributed by atoms with Gasteiger partial charge < -0.3 is 85.5 Å². The first-order valence-electron chi connectivity index (χ1n) is 31.7. The van der Waals surface area contributed by atoms with E-state index in [0.29, 0.717) is 130 Å². The second-order valence-electron chi connectivity index (χ2n) is 23.6. The molecule has 3 saturated heterocycles. The Morgan fingerprint density at radius 2 is 0.633 bits per heavy atom. The van der Waals surface area contributed by atoms with Crippen LogP contribution in [0.2, 0.25) is 0 Å². The number of rotatable bonds is 38. The minimum Gasteiger partial charge on any atom is -0.508 e. The molecule has 2 bridgehead atoms. The fourth-order valence-electron chi connectivity index (χ4n) is 10.6. The number of aromatic hydroxyl groups is 2. The number of amides is 8. The third kappa shape index (κ3) is 31.1. The van der Waals surface area contributed by atoms with Crippen LogP contribution in [-0.4, -0.2) is 194 Å². The number of nitrogens with one attached hydrogen (secondary N) is 12. The Bertz CT molecular complexity index is 2370. The number of thiol groups is 2. The van der Waals surface area contributed by atoms with Crippen LogP contribution in [0.3, 0.4) is 0 Å². The number of primary amides is 2. The van der Waals surface area contributed by atoms with Crippen LogP contribution in [0.15, 0.2) is 48.5 Å². The summed E-state index contributed by atoms with van der Waals surface area (Å²) in [5, 5.41) is 58.2. The Labute approximate surface area is 540 Å². The molecule has 0 aromatic heterocycles. The third-order valence-electron chi connectivity index (χ3n) is 15.7. The average molecular weight is 1300 g/mol. The van der Waals surface area contributed by atoms with Crippen LogP contribution in [0.1, 0.15) is 127 Å². The van der Waals surface area contributed by atoms with Crippen LogP contribution in [0, 0.1) is 0 Å². The molecule has 5 rings (SSSR count). The van der Waals surface area contributed by atoms with Crippen LogP contribution >= 0.6 is 25.3 Å². The van der Waals surface area contributed by atoms with E-state index in [-0.39, 0.29) is 147 Å². The number of phenolic OH excluding ortho intramolecular Hbond substituents is 2. The zero-order valence-corrected chi connectivity index (χ0v) is 53.8. The van der Waals surface area contributed by atoms with Gasteiger partial charge in [-0.1, -0.05) is 49.9 Å². The SMILES string of the molecule is NC(=O)C(CS)NC(=O)CCCCCCC(=O)[C@H](Cc1ccc(O)cc1)NC(=O)CCCC(=O)NC12CNCCNCC(NC(=O)CCCC(=O)N[C@@H](Cc3ccc(O)cc3)C(=O)CCCCCCC(=O)N[C@@H](CS)C(N)=O)(CNCCNC1)CNCCNC2. The van der Waals surface area contributed by atoms with E-state index in [4.69, 9.17) is 11.5 Å². The molecular weight excluding hydrogens is 1200 g/mol. The number of ketones is 2. The van der Waals surface area contributed by atoms with Crippen molar-refractivity contribution in [3.05, 3.63) is 59.7 Å². The minimum atomic E-state index is -0.840. The lowest BCUT2D eigenvalue weighted by Crippen LogP contribution is -2.68. The molecule has 4 atom stereocenters. The highest BCUT2D eigenvalue weighted by Crippen LogP contribution is 2.17. The number of benzene rings is 2. The molecule has 18 N–H and O–H groups in total. The molecule has 0 radical (unpaired) electrons. The molecule has 28 heteroatoms. The standard InChI is InChI=1S/C62H100N14O12S2/c63-59(87)49(35-89)73-53(81)13-7-3-1-5-11-51(79)47(33-43-19-23-45(77)24-20-43)71-55(83)15-9-17-57(85)75-61-37-65-27-30-68-40-62(41-69-31-28-66-38-61,42-70-32-29-67-39-61)76-58(86)18-10-16-56(84)72-48(34-44-21-25-46(78)26-22-44)52(80)12-6-2-4-8-14-54(82)74-50(36-90)60(64)88/h19-26,47-50,65-70,77-78,89-90H,1-18,27-42H2,(H2,63,87)(H2,64,88)(H,71,83)(H,72,84)(H,73,81)(H,74,82)(H,75,85)(H,76,86)/t47-,48-,49-,50?,61?,62?/m0/s1. The molecule has 3 aliphatic rings. The topological polar surface area (TPSA) is 408 Å². The number of fused-ring (bicyclic) bond motifs is 15. The summed E-state index contributed by atoms with van der Waals surface area (Å²) in [4.78, 5) is 129. The molecule has 1 unspecified atom stereocenters. The normalized spacial score (nSPS) is 18.8. The van der Waals surface area contributed by atoms with Crippen LogP contribution in [-0.2, 0) is 60.8 Å². The Morgan fingerprint density at radius 3 is 0.911 bits per heavy atom. The molecule has 3 aliphatic heterocycles. The third-order valence-corrected chi connectivity index (χ3v) is 16.4. The van der Waals surface area contributed by atoms with E-state index in [1.54, 1.807) is 24.3 Å². The number of carbonyl (C=O) groups is 10. The number of hydrogen-bond donors (Lipinski definition) is 18. The Kier molecular flexibility index (Phi) is 36.0. The van der Waals surface area contributed by atoms with Crippen LogP contribution in [0.25, 0.3) is 0 Å². The summed E-state index contributed by atoms with van der Waals surface area (Å²) in [5.41, 5.74) is 10.6. The van der Waals surface area contributed by atoms with Gasteiger partial charge in [0.1, 0.15) is 23.6 Å². The summed E-state index contributed by atoms with van der Waals surface area (Å²) in [6.07, 6.45) is 6.72. The van der Waals surface area contributed by atoms with Gasteiger partial charge in [-0.15, -0.1) is 0 Å². The monoisotopic (exact) mass is 1300 g/mol. The highest BCUT2D eigenvalue weighted by Gasteiger charge is 2.35. The molecule has 8 amide bonds. The smallest absolute Gasteiger partial charge is 0.240 e. The number of nitrogens with two attached hydrogens (primary N) is 2. The maximum atomic E-state index is 13.8. The number of unbranched alkanes of at least 4 members (excludes halogenated alkanes) is 6. The molecule has 90 heavy (non-hydrogen) atoms. The molecule has 2 aromatic rings. The Morgan fingerprint density at radius 1 is 0.378 bits per heavy atom. The maximum Gasteiger partial charge on any atom is 0.240 e. The van der Waals surface area contributed by atoms with Crippen LogP contribution in [0.4, 0.5) is 0 Å². The van der Waals surface area contributed by atoms with Crippen molar-refractivity contribution in [1.82, 2.24) is 63.8 Å². The molecule has 0 aliphatic carbocycles. The second-order valence-corrected chi connectivity index (χ2v) is 24.3. The summed E-state index contributed by atoms with van der Waals surface area (Å²) >= 11 is 8.09. The van der Waals surface area contributed by atoms with Gasteiger partial charge >= 0.3 is 0 Å². The molecule has 0 saturated carbocycles. The molecular formula is C62H100N14O12S2. The highest BCUT2D eigenvalue weighted by atomic mass is 32.1. The summed E-state index contributed by atoms with van der Waals surface area (Å²) in [6.45, 7) is 5.68. The molecule has 0 spiro atoms. The van der Waals surface area contributed by atoms with E-state index < -0.39 is 47.1 Å². The zero-order chi connectivity index (χ0) is 65.6. The van der Waals surface area contributed by atoms with Crippen LogP contribution in [0.5, 0.6) is 11.5 Å². The fourth-order valence-corrected chi connectivity index (χ4v) is 11.1. The summed E-state index contributed by atoms with van der Waals surface area (Å²) in [6, 6.07) is 9.52. The Balaban J connectivity index is 1.25. The van der Waals surface area contributed by atoms with E-state index in [0.717, 1.165) is 11.1 Å². The maximum absolute atomic E-state index is 13.8. The van der Waals surface area contributed by atoms with E-state index >= 15 is 0 Å². The van der Waals surface area contributed by atoms with Gasteiger partial charge in [-0.25, -0.2) is 0 Å². The first-order chi connectivity index (χ1) is 43.2. The number of hydrogen-bond acceptors (Lipinski definition) is 20. The van der Waals surface area contributed by atoms with Crippen molar-refractivity contribution < 1.29 is 58.2 Å². The van der Waals surface area contributed by atoms with Gasteiger partial charge in [-0.2, -0.15) is 25.3 Å². The van der Waals surface area contributed by atoms with Gasteiger partial charge in [0, 0.05) is 141 Å². The average Bonchev–Trinajstić information content (AvgIpc) is 3.67. The number of carbonyl (C=O) groups excluding carboxylic acids is 10. The van der Waals surface area contributed by atoms with Gasteiger partial charge in [0.25, 0.3) is 0 Å². The highest BCUT2D eigenvalue weighted by molar-refractivity contribution is 7.80. The summed E-state index contributed by atoms with van der Waals surface area (Å²) in [5.74, 6) is -3.08. The number of Topliss-reactive ketones (excluding diaryl/α,β-unsaturated/α-hetero) is 2. The predicted molar refractivity (Wildman–Crippen MR) is 350 cm³/mol. The van der Waals surface area contributed by atoms with Gasteiger partial charge in [0.15, 0.2) is 11.6 Å². The van der Waals surface area contributed by atoms with Crippen molar-refractivity contribution in [3.8, 4) is 11.5 Å². The van der Waals surface area contributed by atoms with Crippen molar-refractivity contribution >= 4 is 84.1 Å². The lowest BCUT2D eigenvalue weighted by molar-refractivity contribution is -0.128. The molecule has 502 valence electrons. The van der Waals surface area contributed by atoms with Gasteiger partial charge in [0.2, 0.25) is 47.3 Å². The summed E-state index contributed by atoms with van der Waals surface area (Å²) < 4.78 is 0. The van der Waals surface area contributed by atoms with E-state index in [1.165, 1.54) is 24.3 Å². The van der Waals surface area contributed by atoms with Gasteiger partial charge in [-0.3, -0.25) is 47.9 Å². The number of phenols is 2. The predicted octanol–water partition coefficient (Wildman–Crippen LogP) is -0.913. The van der Waals surface area contributed by atoms with Crippen molar-refractivity contribution in [2.45, 2.75) is 164 Å². The van der Waals surface area contributed by atoms with E-state index in [1.807, 2.05) is 0 Å². The minimum absolute atomic E-state index is 0.00740. The van der Waals surface area contributed by atoms with E-state index in [2.05, 4.69) is 89.1 Å². The largest absolute Gasteiger partial charge is 0.508 e. The first-order valence-corrected chi connectivity index (χ1v) is 32.9. The molecule has 2 aromatic carbocycles. The van der Waals surface area contributed by atoms with Crippen molar-refractivity contribution in [1.29, 1.82) is 0 Å². The lowest BCUT2D eigenvalue weighted by Gasteiger charge is -2.39. The van der Waals surface area contributed by atoms with E-state index in [9.17, 15) is 58.2 Å². The van der Waals surface area contributed by atoms with Crippen molar-refractivity contribution in [2.75, 3.05) is 90.0 Å². The molecule has 3 fully saturated rings. The van der Waals surface area contributed by atoms with Gasteiger partial charge in [-0.05, 0) is 86.8 Å². The summed E-state index contributed by atoms with van der Waals surface area (Å²) in [7, 11) is 0. The quantitative estimate of drug-likeness (QED) is 0.0286. The second kappa shape index (κ2) is 42.6. The first kappa shape index (κ1) is 76.1. The van der Waals surface area contributed by atoms with Gasteiger partial charge in [0.05, 0.1) is 23.2 Å². The van der Waals surface area contributed by atoms with Crippen molar-refractivity contribution in [2.24, 2.45) is 11.5 Å². The Hall–Kier alpha value is -6.40. The molecule has 3 heterocycles. The fraction of sp³-hybridized carbons (Fsp3) is 0.645. The lowest BCUT2D eigenvalue weighted by atomic mass is 9.96.